The van der Waals surface area contributed by atoms with Gasteiger partial charge in [-0.25, -0.2) is 0 Å². The molecule has 0 spiro atoms. The Bertz CT molecular complexity index is 1140. The summed E-state index contributed by atoms with van der Waals surface area (Å²) in [6.07, 6.45) is 59.4. The van der Waals surface area contributed by atoms with E-state index in [2.05, 4.69) is 135 Å². The minimum absolute atomic E-state index is 0.180. The van der Waals surface area contributed by atoms with Crippen molar-refractivity contribution in [2.75, 3.05) is 13.2 Å². The number of carbonyl (C=O) groups is 2. The fourth-order valence-electron chi connectivity index (χ4n) is 4.14. The van der Waals surface area contributed by atoms with Gasteiger partial charge in [-0.3, -0.25) is 9.59 Å². The lowest BCUT2D eigenvalue weighted by molar-refractivity contribution is -0.152. The molecule has 276 valence electrons. The Morgan fingerprint density at radius 1 is 0.420 bits per heavy atom. The molecule has 0 heterocycles. The first-order valence-electron chi connectivity index (χ1n) is 18.7. The minimum Gasteiger partial charge on any atom is -0.463 e. The van der Waals surface area contributed by atoms with E-state index in [1.165, 1.54) is 0 Å². The minimum atomic E-state index is -1.03. The summed E-state index contributed by atoms with van der Waals surface area (Å²) in [6.45, 7) is 3.92. The van der Waals surface area contributed by atoms with Gasteiger partial charge in [-0.1, -0.05) is 148 Å². The Hall–Kier alpha value is -3.96. The fraction of sp³-hybridized carbons (Fsp3) is 0.467. The molecule has 0 saturated carbocycles. The molecular weight excluding hydrogens is 620 g/mol. The van der Waals surface area contributed by atoms with Gasteiger partial charge in [-0.05, 0) is 89.9 Å². The van der Waals surface area contributed by atoms with Gasteiger partial charge in [0.2, 0.25) is 0 Å². The van der Waals surface area contributed by atoms with Gasteiger partial charge in [-0.2, -0.15) is 0 Å². The summed E-state index contributed by atoms with van der Waals surface area (Å²) in [6, 6.07) is 0. The summed E-state index contributed by atoms with van der Waals surface area (Å²) in [5.74, 6) is -0.743. The monoisotopic (exact) mass is 686 g/mol. The summed E-state index contributed by atoms with van der Waals surface area (Å²) >= 11 is 0. The SMILES string of the molecule is CC/C=C\C/C=C\C/C=C\C/C=C\C/C=C\C/C=C\CCC(=O)OC[C@H](O)COC(=O)CCC/C=C\C/C=C\C/C=C\C/C=C\C/C=C\CC. The third kappa shape index (κ3) is 38.5. The van der Waals surface area contributed by atoms with Crippen LogP contribution in [0.25, 0.3) is 0 Å². The zero-order valence-corrected chi connectivity index (χ0v) is 31.1. The topological polar surface area (TPSA) is 72.8 Å². The number of hydrogen-bond donors (Lipinski definition) is 1. The fourth-order valence-corrected chi connectivity index (χ4v) is 4.14. The number of hydrogen-bond acceptors (Lipinski definition) is 5. The normalized spacial score (nSPS) is 13.7. The van der Waals surface area contributed by atoms with Crippen molar-refractivity contribution in [2.45, 2.75) is 123 Å². The molecule has 1 N–H and O–H groups in total. The van der Waals surface area contributed by atoms with Crippen LogP contribution in [0.1, 0.15) is 117 Å². The highest BCUT2D eigenvalue weighted by Crippen LogP contribution is 2.03. The maximum absolute atomic E-state index is 11.9. The molecule has 0 saturated heterocycles. The first kappa shape index (κ1) is 46.0. The first-order valence-corrected chi connectivity index (χ1v) is 18.7. The molecule has 0 unspecified atom stereocenters. The lowest BCUT2D eigenvalue weighted by Gasteiger charge is -2.11. The van der Waals surface area contributed by atoms with Crippen LogP contribution in [0.5, 0.6) is 0 Å². The Morgan fingerprint density at radius 3 is 1.04 bits per heavy atom. The predicted molar refractivity (Wildman–Crippen MR) is 214 cm³/mol. The lowest BCUT2D eigenvalue weighted by atomic mass is 10.2. The quantitative estimate of drug-likeness (QED) is 0.0446. The Morgan fingerprint density at radius 2 is 0.700 bits per heavy atom. The molecule has 0 radical (unpaired) electrons. The molecule has 50 heavy (non-hydrogen) atoms. The molecule has 0 aromatic carbocycles. The number of rotatable bonds is 31. The Kier molecular flexibility index (Phi) is 36.4. The largest absolute Gasteiger partial charge is 0.463 e. The van der Waals surface area contributed by atoms with Gasteiger partial charge in [0.15, 0.2) is 0 Å². The molecule has 0 amide bonds. The van der Waals surface area contributed by atoms with Crippen LogP contribution >= 0.6 is 0 Å². The van der Waals surface area contributed by atoms with E-state index in [9.17, 15) is 14.7 Å². The molecule has 0 aromatic heterocycles. The molecule has 0 aliphatic heterocycles. The van der Waals surface area contributed by atoms with Crippen molar-refractivity contribution in [3.05, 3.63) is 134 Å². The van der Waals surface area contributed by atoms with E-state index in [0.717, 1.165) is 77.0 Å². The summed E-state index contributed by atoms with van der Waals surface area (Å²) in [5, 5.41) is 9.99. The number of allylic oxidation sites excluding steroid dienone is 22. The highest BCUT2D eigenvalue weighted by molar-refractivity contribution is 5.70. The molecule has 0 aromatic rings. The van der Waals surface area contributed by atoms with Gasteiger partial charge in [-0.15, -0.1) is 0 Å². The van der Waals surface area contributed by atoms with E-state index in [0.29, 0.717) is 12.8 Å². The molecule has 5 nitrogen and oxygen atoms in total. The van der Waals surface area contributed by atoms with Crippen molar-refractivity contribution >= 4 is 11.9 Å². The van der Waals surface area contributed by atoms with E-state index in [4.69, 9.17) is 9.47 Å². The van der Waals surface area contributed by atoms with Crippen molar-refractivity contribution < 1.29 is 24.2 Å². The van der Waals surface area contributed by atoms with Crippen LogP contribution < -0.4 is 0 Å². The van der Waals surface area contributed by atoms with Crippen LogP contribution in [0.2, 0.25) is 0 Å². The Labute approximate surface area is 305 Å². The second-order valence-corrected chi connectivity index (χ2v) is 11.6. The van der Waals surface area contributed by atoms with E-state index >= 15 is 0 Å². The number of esters is 2. The van der Waals surface area contributed by atoms with E-state index in [1.807, 2.05) is 12.2 Å². The van der Waals surface area contributed by atoms with Gasteiger partial charge in [0.25, 0.3) is 0 Å². The van der Waals surface area contributed by atoms with Gasteiger partial charge >= 0.3 is 11.9 Å². The number of aliphatic hydroxyl groups excluding tert-OH is 1. The maximum atomic E-state index is 11.9. The molecule has 0 rings (SSSR count). The van der Waals surface area contributed by atoms with Crippen molar-refractivity contribution in [3.63, 3.8) is 0 Å². The summed E-state index contributed by atoms with van der Waals surface area (Å²) in [7, 11) is 0. The molecule has 0 bridgehead atoms. The molecule has 0 fully saturated rings. The highest BCUT2D eigenvalue weighted by atomic mass is 16.6. The summed E-state index contributed by atoms with van der Waals surface area (Å²) in [5.41, 5.74) is 0. The van der Waals surface area contributed by atoms with E-state index < -0.39 is 6.10 Å². The highest BCUT2D eigenvalue weighted by Gasteiger charge is 2.11. The van der Waals surface area contributed by atoms with E-state index in [-0.39, 0.29) is 38.0 Å². The van der Waals surface area contributed by atoms with Crippen LogP contribution in [-0.2, 0) is 19.1 Å². The summed E-state index contributed by atoms with van der Waals surface area (Å²) < 4.78 is 10.2. The van der Waals surface area contributed by atoms with E-state index in [1.54, 1.807) is 0 Å². The van der Waals surface area contributed by atoms with Crippen LogP contribution in [0.15, 0.2) is 134 Å². The molecular formula is C45H66O5. The zero-order valence-electron chi connectivity index (χ0n) is 31.1. The smallest absolute Gasteiger partial charge is 0.306 e. The van der Waals surface area contributed by atoms with Crippen molar-refractivity contribution in [3.8, 4) is 0 Å². The van der Waals surface area contributed by atoms with Gasteiger partial charge in [0, 0.05) is 12.8 Å². The van der Waals surface area contributed by atoms with Gasteiger partial charge in [0.05, 0.1) is 0 Å². The van der Waals surface area contributed by atoms with Crippen LogP contribution in [0.3, 0.4) is 0 Å². The Balaban J connectivity index is 3.73. The second-order valence-electron chi connectivity index (χ2n) is 11.6. The second kappa shape index (κ2) is 39.5. The third-order valence-corrected chi connectivity index (χ3v) is 6.89. The van der Waals surface area contributed by atoms with Crippen molar-refractivity contribution in [1.29, 1.82) is 0 Å². The van der Waals surface area contributed by atoms with Gasteiger partial charge in [0.1, 0.15) is 19.3 Å². The van der Waals surface area contributed by atoms with Crippen molar-refractivity contribution in [2.24, 2.45) is 0 Å². The molecule has 0 aliphatic carbocycles. The number of ether oxygens (including phenoxy) is 2. The average molecular weight is 687 g/mol. The molecule has 0 aliphatic rings. The number of aliphatic hydroxyl groups is 1. The summed E-state index contributed by atoms with van der Waals surface area (Å²) in [4.78, 5) is 23.9. The number of unbranched alkanes of at least 4 members (excludes halogenated alkanes) is 1. The zero-order chi connectivity index (χ0) is 36.4. The van der Waals surface area contributed by atoms with Crippen LogP contribution in [-0.4, -0.2) is 36.4 Å². The number of carbonyl (C=O) groups excluding carboxylic acids is 2. The average Bonchev–Trinajstić information content (AvgIpc) is 3.12. The molecule has 1 atom stereocenters. The molecule has 5 heteroatoms. The third-order valence-electron chi connectivity index (χ3n) is 6.89. The lowest BCUT2D eigenvalue weighted by Crippen LogP contribution is -2.25. The standard InChI is InChI=1S/C45H66O5/c1-3-5-7-9-11-13-15-17-19-21-22-24-26-28-30-32-34-36-38-40-45(48)50-42-43(46)41-49-44(47)39-37-35-33-31-29-27-25-23-20-18-16-14-12-10-8-6-4-2/h5-8,11-14,17-20,22,24-25,27-28,30-31,33-34,36,43,46H,3-4,9-10,15-16,21,23,26,29,32,35,37-42H2,1-2H3/b7-5-,8-6-,13-11-,14-12-,19-17-,20-18-,24-22-,27-25-,30-28-,33-31-,36-34-/t43-/m1/s1. The van der Waals surface area contributed by atoms with Gasteiger partial charge < -0.3 is 14.6 Å². The maximum Gasteiger partial charge on any atom is 0.306 e. The van der Waals surface area contributed by atoms with Crippen molar-refractivity contribution in [1.82, 2.24) is 0 Å². The predicted octanol–water partition coefficient (Wildman–Crippen LogP) is 11.8. The first-order chi connectivity index (χ1) is 24.6. The van der Waals surface area contributed by atoms with Crippen LogP contribution in [0.4, 0.5) is 0 Å². The van der Waals surface area contributed by atoms with Crippen LogP contribution in [0, 0.1) is 0 Å².